The maximum absolute atomic E-state index is 7.33. The van der Waals surface area contributed by atoms with Gasteiger partial charge in [-0.25, -0.2) is 0 Å². The van der Waals surface area contributed by atoms with E-state index in [1.807, 2.05) is 0 Å². The molecule has 0 aromatic carbocycles. The molecule has 0 saturated heterocycles. The van der Waals surface area contributed by atoms with Crippen LogP contribution in [0.3, 0.4) is 0 Å². The standard InChI is InChI=1S/B.Na.H4O4Si.H/c;;1-5(2,3)4;/h;;1-4H;/q;+1;;-1. The van der Waals surface area contributed by atoms with Crippen LogP contribution in [0.25, 0.3) is 0 Å². The van der Waals surface area contributed by atoms with Crippen molar-refractivity contribution in [1.82, 2.24) is 0 Å². The van der Waals surface area contributed by atoms with Crippen molar-refractivity contribution in [1.29, 1.82) is 0 Å². The van der Waals surface area contributed by atoms with Gasteiger partial charge in [-0.05, 0) is 0 Å². The molecule has 0 spiro atoms. The molecule has 0 aromatic rings. The maximum atomic E-state index is 7.33. The van der Waals surface area contributed by atoms with Crippen LogP contribution in [0.2, 0.25) is 0 Å². The van der Waals surface area contributed by atoms with Crippen LogP contribution in [0.5, 0.6) is 0 Å². The van der Waals surface area contributed by atoms with Crippen LogP contribution < -0.4 is 29.6 Å². The summed E-state index contributed by atoms with van der Waals surface area (Å²) in [4.78, 5) is 29.3. The van der Waals surface area contributed by atoms with Gasteiger partial charge in [0.05, 0.1) is 0 Å². The van der Waals surface area contributed by atoms with Gasteiger partial charge in [-0.15, -0.1) is 0 Å². The molecule has 0 rings (SSSR count). The average Bonchev–Trinajstić information content (AvgIpc) is 0.722. The third-order valence-electron chi connectivity index (χ3n) is 0. The minimum atomic E-state index is -4.61. The first kappa shape index (κ1) is 15.7. The van der Waals surface area contributed by atoms with Crippen molar-refractivity contribution < 1.29 is 50.2 Å². The van der Waals surface area contributed by atoms with Gasteiger partial charge in [-0.2, -0.15) is 0 Å². The van der Waals surface area contributed by atoms with Gasteiger partial charge in [0.1, 0.15) is 0 Å². The van der Waals surface area contributed by atoms with Gasteiger partial charge < -0.3 is 20.6 Å². The molecule has 4 N–H and O–H groups in total. The van der Waals surface area contributed by atoms with Crippen LogP contribution in [0.1, 0.15) is 1.43 Å². The minimum absolute atomic E-state index is 0. The first-order valence-electron chi connectivity index (χ1n) is 0.894. The van der Waals surface area contributed by atoms with Gasteiger partial charge >= 0.3 is 38.6 Å². The van der Waals surface area contributed by atoms with E-state index >= 15 is 0 Å². The van der Waals surface area contributed by atoms with E-state index in [-0.39, 0.29) is 39.4 Å². The molecule has 3 radical (unpaired) electrons. The summed E-state index contributed by atoms with van der Waals surface area (Å²) in [5, 5.41) is 0. The van der Waals surface area contributed by atoms with E-state index in [2.05, 4.69) is 0 Å². The van der Waals surface area contributed by atoms with Crippen molar-refractivity contribution in [3.05, 3.63) is 0 Å². The molecule has 0 atom stereocenters. The zero-order chi connectivity index (χ0) is 4.50. The third kappa shape index (κ3) is 148. The molecule has 7 heavy (non-hydrogen) atoms. The van der Waals surface area contributed by atoms with Crippen LogP contribution >= 0.6 is 0 Å². The van der Waals surface area contributed by atoms with Gasteiger partial charge in [-0.1, -0.05) is 0 Å². The van der Waals surface area contributed by atoms with Crippen LogP contribution in [0.4, 0.5) is 0 Å². The molecule has 0 aliphatic rings. The molecular weight excluding hydrogens is 126 g/mol. The SMILES string of the molecule is O[Si](O)(O)O.[B].[H-].[Na+]. The van der Waals surface area contributed by atoms with Crippen LogP contribution in [0.15, 0.2) is 0 Å². The molecule has 37 valence electrons. The van der Waals surface area contributed by atoms with Crippen molar-refractivity contribution >= 4 is 17.5 Å². The van der Waals surface area contributed by atoms with Crippen LogP contribution in [0, 0.1) is 0 Å². The zero-order valence-corrected chi connectivity index (χ0v) is 6.87. The Labute approximate surface area is 67.6 Å². The van der Waals surface area contributed by atoms with Crippen LogP contribution in [-0.2, 0) is 0 Å². The van der Waals surface area contributed by atoms with Crippen molar-refractivity contribution in [2.75, 3.05) is 0 Å². The Hall–Kier alpha value is 1.12. The van der Waals surface area contributed by atoms with E-state index < -0.39 is 9.05 Å². The van der Waals surface area contributed by atoms with Gasteiger partial charge in [0.15, 0.2) is 0 Å². The molecule has 0 aromatic heterocycles. The quantitative estimate of drug-likeness (QED) is 0.247. The summed E-state index contributed by atoms with van der Waals surface area (Å²) >= 11 is 0. The Morgan fingerprint density at radius 3 is 1.00 bits per heavy atom. The molecule has 0 fully saturated rings. The smallest absolute Gasteiger partial charge is 1.00 e. The van der Waals surface area contributed by atoms with Crippen molar-refractivity contribution in [2.24, 2.45) is 0 Å². The van der Waals surface area contributed by atoms with E-state index in [0.29, 0.717) is 0 Å². The molecule has 0 bridgehead atoms. The Bertz CT molecular complexity index is 31.5. The summed E-state index contributed by atoms with van der Waals surface area (Å²) in [5.74, 6) is 0. The Morgan fingerprint density at radius 1 is 1.00 bits per heavy atom. The molecule has 0 amide bonds. The van der Waals surface area contributed by atoms with E-state index in [9.17, 15) is 0 Å². The Morgan fingerprint density at radius 2 is 1.00 bits per heavy atom. The molecule has 0 heterocycles. The summed E-state index contributed by atoms with van der Waals surface area (Å²) in [7, 11) is -4.61. The average molecular weight is 131 g/mol. The Balaban J connectivity index is -0.0000000267. The first-order chi connectivity index (χ1) is 2.00. The fourth-order valence-corrected chi connectivity index (χ4v) is 0. The predicted molar refractivity (Wildman–Crippen MR) is 21.5 cm³/mol. The van der Waals surface area contributed by atoms with Gasteiger partial charge in [0.25, 0.3) is 0 Å². The number of hydrogen-bond donors (Lipinski definition) is 4. The molecule has 7 heteroatoms. The molecule has 0 aliphatic carbocycles. The van der Waals surface area contributed by atoms with Gasteiger partial charge in [0, 0.05) is 8.41 Å². The Kier molecular flexibility index (Phi) is 11.8. The zero-order valence-electron chi connectivity index (χ0n) is 4.87. The second-order valence-electron chi connectivity index (χ2n) is 0.600. The summed E-state index contributed by atoms with van der Waals surface area (Å²) in [5.41, 5.74) is 0. The second kappa shape index (κ2) is 5.26. The largest absolute Gasteiger partial charge is 1.00 e. The fraction of sp³-hybridized carbons (Fsp3) is 0. The summed E-state index contributed by atoms with van der Waals surface area (Å²) < 4.78 is 0. The summed E-state index contributed by atoms with van der Waals surface area (Å²) in [6, 6.07) is 0. The molecular formula is H5BNaO4Si. The topological polar surface area (TPSA) is 80.9 Å². The van der Waals surface area contributed by atoms with Crippen LogP contribution in [-0.4, -0.2) is 36.6 Å². The minimum Gasteiger partial charge on any atom is -1.00 e. The van der Waals surface area contributed by atoms with E-state index in [4.69, 9.17) is 19.2 Å². The van der Waals surface area contributed by atoms with Gasteiger partial charge in [0.2, 0.25) is 0 Å². The normalized spacial score (nSPS) is 8.57. The number of rotatable bonds is 0. The first-order valence-corrected chi connectivity index (χ1v) is 2.68. The van der Waals surface area contributed by atoms with E-state index in [0.717, 1.165) is 0 Å². The summed E-state index contributed by atoms with van der Waals surface area (Å²) in [6.45, 7) is 0. The molecule has 0 saturated carbocycles. The summed E-state index contributed by atoms with van der Waals surface area (Å²) in [6.07, 6.45) is 0. The van der Waals surface area contributed by atoms with Crippen molar-refractivity contribution in [3.8, 4) is 0 Å². The fourth-order valence-electron chi connectivity index (χ4n) is 0. The monoisotopic (exact) mass is 131 g/mol. The second-order valence-corrected chi connectivity index (χ2v) is 1.80. The molecule has 0 aliphatic heterocycles. The van der Waals surface area contributed by atoms with Crippen molar-refractivity contribution in [3.63, 3.8) is 0 Å². The predicted octanol–water partition coefficient (Wildman–Crippen LogP) is -5.87. The maximum Gasteiger partial charge on any atom is 1.00 e. The third-order valence-corrected chi connectivity index (χ3v) is 0. The molecule has 0 unspecified atom stereocenters. The van der Waals surface area contributed by atoms with Crippen molar-refractivity contribution in [2.45, 2.75) is 0 Å². The van der Waals surface area contributed by atoms with E-state index in [1.54, 1.807) is 0 Å². The number of hydrogen-bond acceptors (Lipinski definition) is 4. The molecule has 4 nitrogen and oxygen atoms in total. The van der Waals surface area contributed by atoms with Gasteiger partial charge in [-0.3, -0.25) is 0 Å². The van der Waals surface area contributed by atoms with E-state index in [1.165, 1.54) is 0 Å².